The Morgan fingerprint density at radius 1 is 1.38 bits per heavy atom. The Morgan fingerprint density at radius 2 is 2.14 bits per heavy atom. The van der Waals surface area contributed by atoms with Crippen LogP contribution in [0.3, 0.4) is 0 Å². The number of carbonyl (C=O) groups excluding carboxylic acids is 1. The van der Waals surface area contributed by atoms with E-state index in [1.54, 1.807) is 31.3 Å². The molecule has 0 bridgehead atoms. The first-order valence-corrected chi connectivity index (χ1v) is 7.10. The van der Waals surface area contributed by atoms with E-state index in [1.807, 2.05) is 0 Å². The maximum Gasteiger partial charge on any atom is 0.337 e. The number of aromatic carboxylic acids is 1. The fourth-order valence-corrected chi connectivity index (χ4v) is 2.63. The van der Waals surface area contributed by atoms with Gasteiger partial charge in [0.2, 0.25) is 0 Å². The summed E-state index contributed by atoms with van der Waals surface area (Å²) in [6.07, 6.45) is 4.84. The zero-order valence-electron chi connectivity index (χ0n) is 11.0. The molecule has 5 nitrogen and oxygen atoms in total. The van der Waals surface area contributed by atoms with Crippen molar-refractivity contribution in [2.24, 2.45) is 0 Å². The van der Waals surface area contributed by atoms with Crippen molar-refractivity contribution < 1.29 is 14.7 Å². The number of nitrogens with zero attached hydrogens (tertiary/aromatic N) is 1. The van der Waals surface area contributed by atoms with Crippen molar-refractivity contribution in [3.05, 3.63) is 50.4 Å². The van der Waals surface area contributed by atoms with E-state index in [9.17, 15) is 9.59 Å². The largest absolute Gasteiger partial charge is 0.478 e. The summed E-state index contributed by atoms with van der Waals surface area (Å²) in [5.74, 6) is -1.27. The van der Waals surface area contributed by atoms with Crippen LogP contribution in [0, 0.1) is 0 Å². The average molecular weight is 323 g/mol. The molecule has 2 N–H and O–H groups in total. The molecule has 0 fully saturated rings. The van der Waals surface area contributed by atoms with Crippen LogP contribution in [-0.4, -0.2) is 29.0 Å². The summed E-state index contributed by atoms with van der Waals surface area (Å²) in [6, 6.07) is 4.76. The summed E-state index contributed by atoms with van der Waals surface area (Å²) >= 11 is 7.27. The van der Waals surface area contributed by atoms with Crippen molar-refractivity contribution in [2.45, 2.75) is 0 Å². The van der Waals surface area contributed by atoms with E-state index in [4.69, 9.17) is 16.7 Å². The number of nitrogens with one attached hydrogen (secondary N) is 1. The van der Waals surface area contributed by atoms with Gasteiger partial charge < -0.3 is 10.4 Å². The highest BCUT2D eigenvalue weighted by Crippen LogP contribution is 2.24. The number of thiazole rings is 1. The van der Waals surface area contributed by atoms with Crippen LogP contribution in [0.5, 0.6) is 0 Å². The first kappa shape index (κ1) is 15.2. The molecule has 1 heterocycles. The number of carboxylic acid groups (broad SMARTS) is 1. The molecule has 0 atom stereocenters. The van der Waals surface area contributed by atoms with Crippen LogP contribution in [0.2, 0.25) is 5.02 Å². The standard InChI is InChI=1S/C14H11ClN2O3S/c1-16-13(18)10-7-17-11(21-10)6-5-8-3-2-4-9(12(8)15)14(19)20/h2-7H,1H3,(H,16,18)(H,19,20)/b6-5+. The Kier molecular flexibility index (Phi) is 4.72. The molecule has 0 aliphatic rings. The van der Waals surface area contributed by atoms with Gasteiger partial charge in [0.1, 0.15) is 9.88 Å². The maximum atomic E-state index is 11.4. The summed E-state index contributed by atoms with van der Waals surface area (Å²) in [4.78, 5) is 27.0. The summed E-state index contributed by atoms with van der Waals surface area (Å²) in [5.41, 5.74) is 0.622. The third-order valence-electron chi connectivity index (χ3n) is 2.64. The maximum absolute atomic E-state index is 11.4. The summed E-state index contributed by atoms with van der Waals surface area (Å²) in [7, 11) is 1.55. The highest BCUT2D eigenvalue weighted by atomic mass is 35.5. The molecule has 21 heavy (non-hydrogen) atoms. The second kappa shape index (κ2) is 6.51. The van der Waals surface area contributed by atoms with Crippen molar-refractivity contribution in [3.8, 4) is 0 Å². The zero-order chi connectivity index (χ0) is 15.4. The van der Waals surface area contributed by atoms with Gasteiger partial charge in [0.05, 0.1) is 16.8 Å². The number of halogens is 1. The smallest absolute Gasteiger partial charge is 0.337 e. The Morgan fingerprint density at radius 3 is 2.81 bits per heavy atom. The van der Waals surface area contributed by atoms with E-state index < -0.39 is 5.97 Å². The second-order valence-electron chi connectivity index (χ2n) is 3.99. The number of aromatic nitrogens is 1. The Hall–Kier alpha value is -2.18. The molecule has 0 aliphatic carbocycles. The molecule has 2 rings (SSSR count). The fourth-order valence-electron chi connectivity index (χ4n) is 1.60. The van der Waals surface area contributed by atoms with Gasteiger partial charge in [-0.1, -0.05) is 29.8 Å². The van der Waals surface area contributed by atoms with Gasteiger partial charge in [-0.15, -0.1) is 11.3 Å². The fraction of sp³-hybridized carbons (Fsp3) is 0.0714. The lowest BCUT2D eigenvalue weighted by Gasteiger charge is -2.01. The molecule has 0 saturated carbocycles. The summed E-state index contributed by atoms with van der Waals surface area (Å²) < 4.78 is 0. The van der Waals surface area contributed by atoms with Crippen molar-refractivity contribution in [3.63, 3.8) is 0 Å². The Bertz CT molecular complexity index is 725. The van der Waals surface area contributed by atoms with Crippen molar-refractivity contribution in [1.82, 2.24) is 10.3 Å². The molecule has 0 aliphatic heterocycles. The topological polar surface area (TPSA) is 79.3 Å². The van der Waals surface area contributed by atoms with Gasteiger partial charge in [-0.25, -0.2) is 9.78 Å². The van der Waals surface area contributed by atoms with Crippen LogP contribution in [0.15, 0.2) is 24.4 Å². The van der Waals surface area contributed by atoms with E-state index in [0.717, 1.165) is 0 Å². The van der Waals surface area contributed by atoms with E-state index in [0.29, 0.717) is 15.4 Å². The third kappa shape index (κ3) is 3.48. The molecular formula is C14H11ClN2O3S. The number of benzene rings is 1. The highest BCUT2D eigenvalue weighted by Gasteiger charge is 2.11. The van der Waals surface area contributed by atoms with Crippen LogP contribution in [0.4, 0.5) is 0 Å². The first-order chi connectivity index (χ1) is 10.0. The Labute approximate surface area is 129 Å². The highest BCUT2D eigenvalue weighted by molar-refractivity contribution is 7.14. The summed E-state index contributed by atoms with van der Waals surface area (Å²) in [5, 5.41) is 12.3. The molecule has 0 unspecified atom stereocenters. The monoisotopic (exact) mass is 322 g/mol. The summed E-state index contributed by atoms with van der Waals surface area (Å²) in [6.45, 7) is 0. The van der Waals surface area contributed by atoms with Crippen molar-refractivity contribution >= 4 is 47.0 Å². The quantitative estimate of drug-likeness (QED) is 0.906. The Balaban J connectivity index is 2.26. The normalized spacial score (nSPS) is 10.8. The minimum Gasteiger partial charge on any atom is -0.478 e. The lowest BCUT2D eigenvalue weighted by atomic mass is 10.1. The molecular weight excluding hydrogens is 312 g/mol. The number of amides is 1. The van der Waals surface area contributed by atoms with Gasteiger partial charge in [0, 0.05) is 7.05 Å². The van der Waals surface area contributed by atoms with Crippen LogP contribution in [0.1, 0.15) is 30.6 Å². The zero-order valence-corrected chi connectivity index (χ0v) is 12.5. The number of rotatable bonds is 4. The van der Waals surface area contributed by atoms with Crippen LogP contribution in [-0.2, 0) is 0 Å². The predicted molar refractivity (Wildman–Crippen MR) is 82.8 cm³/mol. The number of carboxylic acids is 1. The lowest BCUT2D eigenvalue weighted by Crippen LogP contribution is -2.16. The molecule has 1 amide bonds. The van der Waals surface area contributed by atoms with Gasteiger partial charge in [0.25, 0.3) is 5.91 Å². The molecule has 0 saturated heterocycles. The average Bonchev–Trinajstić information content (AvgIpc) is 2.94. The second-order valence-corrected chi connectivity index (χ2v) is 5.43. The van der Waals surface area contributed by atoms with E-state index >= 15 is 0 Å². The van der Waals surface area contributed by atoms with Gasteiger partial charge in [-0.05, 0) is 17.7 Å². The van der Waals surface area contributed by atoms with Crippen molar-refractivity contribution in [1.29, 1.82) is 0 Å². The van der Waals surface area contributed by atoms with Gasteiger partial charge in [0.15, 0.2) is 0 Å². The number of hydrogen-bond donors (Lipinski definition) is 2. The number of hydrogen-bond acceptors (Lipinski definition) is 4. The minimum absolute atomic E-state index is 0.0454. The van der Waals surface area contributed by atoms with Gasteiger partial charge in [-0.2, -0.15) is 0 Å². The van der Waals surface area contributed by atoms with Crippen LogP contribution >= 0.6 is 22.9 Å². The molecule has 0 radical (unpaired) electrons. The van der Waals surface area contributed by atoms with Crippen LogP contribution < -0.4 is 5.32 Å². The molecule has 0 spiro atoms. The van der Waals surface area contributed by atoms with Crippen molar-refractivity contribution in [2.75, 3.05) is 7.05 Å². The van der Waals surface area contributed by atoms with Gasteiger partial charge >= 0.3 is 5.97 Å². The molecule has 2 aromatic rings. The van der Waals surface area contributed by atoms with E-state index in [-0.39, 0.29) is 16.5 Å². The molecule has 1 aromatic carbocycles. The molecule has 108 valence electrons. The predicted octanol–water partition coefficient (Wildman–Crippen LogP) is 3.02. The molecule has 7 heteroatoms. The molecule has 1 aromatic heterocycles. The van der Waals surface area contributed by atoms with E-state index in [1.165, 1.54) is 23.6 Å². The third-order valence-corrected chi connectivity index (χ3v) is 4.02. The SMILES string of the molecule is CNC(=O)c1cnc(/C=C/c2cccc(C(=O)O)c2Cl)s1. The first-order valence-electron chi connectivity index (χ1n) is 5.90. The number of carbonyl (C=O) groups is 2. The van der Waals surface area contributed by atoms with Crippen LogP contribution in [0.25, 0.3) is 12.2 Å². The van der Waals surface area contributed by atoms with E-state index in [2.05, 4.69) is 10.3 Å². The minimum atomic E-state index is -1.08. The lowest BCUT2D eigenvalue weighted by molar-refractivity contribution is 0.0696. The van der Waals surface area contributed by atoms with Gasteiger partial charge in [-0.3, -0.25) is 4.79 Å².